The Morgan fingerprint density at radius 1 is 0.889 bits per heavy atom. The Kier molecular flexibility index (Phi) is 9.54. The predicted molar refractivity (Wildman–Crippen MR) is 74.5 cm³/mol. The molecule has 0 atom stereocenters. The molecule has 3 heteroatoms. The molecule has 0 bridgehead atoms. The lowest BCUT2D eigenvalue weighted by molar-refractivity contribution is -0.107. The minimum absolute atomic E-state index is 0.738. The number of allylic oxidation sites excluding steroid dienone is 1. The fraction of sp³-hybridized carbons (Fsp3) is 0.800. The maximum Gasteiger partial charge on any atom is 0.119 e. The number of morpholine rings is 1. The highest BCUT2D eigenvalue weighted by Gasteiger charge is 2.04. The van der Waals surface area contributed by atoms with Gasteiger partial charge in [0.25, 0.3) is 0 Å². The number of hydrogen-bond donors (Lipinski definition) is 0. The zero-order valence-electron chi connectivity index (χ0n) is 11.5. The van der Waals surface area contributed by atoms with E-state index in [4.69, 9.17) is 4.74 Å². The van der Waals surface area contributed by atoms with Gasteiger partial charge in [-0.1, -0.05) is 31.8 Å². The van der Waals surface area contributed by atoms with Gasteiger partial charge in [0, 0.05) is 19.5 Å². The molecule has 18 heavy (non-hydrogen) atoms. The third-order valence-corrected chi connectivity index (χ3v) is 3.30. The van der Waals surface area contributed by atoms with Crippen LogP contribution in [0.2, 0.25) is 0 Å². The van der Waals surface area contributed by atoms with Gasteiger partial charge in [0.15, 0.2) is 0 Å². The van der Waals surface area contributed by atoms with Crippen LogP contribution in [0.4, 0.5) is 0 Å². The highest BCUT2D eigenvalue weighted by molar-refractivity contribution is 5.48. The van der Waals surface area contributed by atoms with Crippen molar-refractivity contribution in [2.75, 3.05) is 26.3 Å². The molecule has 1 rings (SSSR count). The van der Waals surface area contributed by atoms with E-state index in [1.165, 1.54) is 38.5 Å². The number of aldehydes is 1. The van der Waals surface area contributed by atoms with Gasteiger partial charge in [0.1, 0.15) is 6.29 Å². The number of rotatable bonds is 10. The van der Waals surface area contributed by atoms with Crippen molar-refractivity contribution in [2.45, 2.75) is 51.4 Å². The molecule has 0 aromatic carbocycles. The Morgan fingerprint density at radius 3 is 2.17 bits per heavy atom. The van der Waals surface area contributed by atoms with Gasteiger partial charge >= 0.3 is 0 Å². The number of carbonyl (C=O) groups is 1. The summed E-state index contributed by atoms with van der Waals surface area (Å²) in [6.07, 6.45) is 14.9. The summed E-state index contributed by atoms with van der Waals surface area (Å²) in [6.45, 7) is 3.80. The summed E-state index contributed by atoms with van der Waals surface area (Å²) in [5.74, 6) is 0. The summed E-state index contributed by atoms with van der Waals surface area (Å²) in [5, 5.41) is 0. The average molecular weight is 253 g/mol. The molecule has 0 aromatic rings. The van der Waals surface area contributed by atoms with Gasteiger partial charge in [-0.2, -0.15) is 0 Å². The number of hydrogen-bond acceptors (Lipinski definition) is 3. The second kappa shape index (κ2) is 11.3. The van der Waals surface area contributed by atoms with Crippen molar-refractivity contribution >= 4 is 6.29 Å². The van der Waals surface area contributed by atoms with Crippen LogP contribution in [0, 0.1) is 0 Å². The van der Waals surface area contributed by atoms with Gasteiger partial charge in [-0.3, -0.25) is 0 Å². The molecule has 0 amide bonds. The summed E-state index contributed by atoms with van der Waals surface area (Å²) in [6, 6.07) is 0. The van der Waals surface area contributed by atoms with Crippen LogP contribution in [-0.4, -0.2) is 37.5 Å². The predicted octanol–water partition coefficient (Wildman–Crippen LogP) is 3.15. The van der Waals surface area contributed by atoms with Crippen LogP contribution in [0.15, 0.2) is 12.3 Å². The average Bonchev–Trinajstić information content (AvgIpc) is 2.42. The highest BCUT2D eigenvalue weighted by atomic mass is 16.5. The first-order valence-corrected chi connectivity index (χ1v) is 7.35. The lowest BCUT2D eigenvalue weighted by Gasteiger charge is -2.24. The van der Waals surface area contributed by atoms with Crippen LogP contribution in [0.1, 0.15) is 51.4 Å². The number of ether oxygens (including phenoxy) is 1. The molecule has 0 spiro atoms. The molecule has 1 saturated heterocycles. The number of unbranched alkanes of at least 4 members (excludes halogenated alkanes) is 7. The molecule has 1 aliphatic rings. The van der Waals surface area contributed by atoms with Crippen molar-refractivity contribution in [2.24, 2.45) is 0 Å². The van der Waals surface area contributed by atoms with Crippen molar-refractivity contribution in [1.82, 2.24) is 4.90 Å². The van der Waals surface area contributed by atoms with Crippen molar-refractivity contribution in [1.29, 1.82) is 0 Å². The zero-order chi connectivity index (χ0) is 12.9. The first-order chi connectivity index (χ1) is 8.93. The maximum absolute atomic E-state index is 10.1. The van der Waals surface area contributed by atoms with Crippen molar-refractivity contribution in [3.63, 3.8) is 0 Å². The minimum atomic E-state index is 0.738. The summed E-state index contributed by atoms with van der Waals surface area (Å²) in [7, 11) is 0. The summed E-state index contributed by atoms with van der Waals surface area (Å²) in [4.78, 5) is 12.5. The van der Waals surface area contributed by atoms with E-state index in [1.807, 2.05) is 0 Å². The van der Waals surface area contributed by atoms with E-state index < -0.39 is 0 Å². The third kappa shape index (κ3) is 8.29. The Hall–Kier alpha value is -0.830. The first-order valence-electron chi connectivity index (χ1n) is 7.35. The second-order valence-electron chi connectivity index (χ2n) is 4.90. The Balaban J connectivity index is 1.82. The first kappa shape index (κ1) is 15.2. The third-order valence-electron chi connectivity index (χ3n) is 3.30. The normalized spacial score (nSPS) is 16.3. The van der Waals surface area contributed by atoms with Gasteiger partial charge in [-0.25, -0.2) is 0 Å². The summed E-state index contributed by atoms with van der Waals surface area (Å²) >= 11 is 0. The minimum Gasteiger partial charge on any atom is -0.378 e. The monoisotopic (exact) mass is 253 g/mol. The van der Waals surface area contributed by atoms with Gasteiger partial charge < -0.3 is 14.4 Å². The van der Waals surface area contributed by atoms with Crippen LogP contribution in [0.5, 0.6) is 0 Å². The molecule has 0 radical (unpaired) electrons. The fourth-order valence-corrected chi connectivity index (χ4v) is 2.15. The quantitative estimate of drug-likeness (QED) is 0.442. The van der Waals surface area contributed by atoms with Gasteiger partial charge in [0.2, 0.25) is 0 Å². The van der Waals surface area contributed by atoms with E-state index >= 15 is 0 Å². The largest absolute Gasteiger partial charge is 0.378 e. The van der Waals surface area contributed by atoms with Crippen molar-refractivity contribution in [3.05, 3.63) is 12.3 Å². The molecule has 0 N–H and O–H groups in total. The second-order valence-corrected chi connectivity index (χ2v) is 4.90. The van der Waals surface area contributed by atoms with Crippen LogP contribution in [-0.2, 0) is 9.53 Å². The Labute approximate surface area is 111 Å². The number of nitrogens with zero attached hydrogens (tertiary/aromatic N) is 1. The van der Waals surface area contributed by atoms with Gasteiger partial charge in [-0.15, -0.1) is 0 Å². The molecule has 3 nitrogen and oxygen atoms in total. The van der Waals surface area contributed by atoms with Gasteiger partial charge in [-0.05, 0) is 25.5 Å². The molecule has 104 valence electrons. The van der Waals surface area contributed by atoms with E-state index in [1.54, 1.807) is 0 Å². The molecule has 0 unspecified atom stereocenters. The number of carbonyl (C=O) groups excluding carboxylic acids is 1. The molecule has 0 aliphatic carbocycles. The molecule has 1 heterocycles. The summed E-state index contributed by atoms with van der Waals surface area (Å²) < 4.78 is 5.30. The van der Waals surface area contributed by atoms with E-state index in [9.17, 15) is 4.79 Å². The van der Waals surface area contributed by atoms with E-state index in [2.05, 4.69) is 17.2 Å². The zero-order valence-corrected chi connectivity index (χ0v) is 11.5. The Morgan fingerprint density at radius 2 is 1.50 bits per heavy atom. The van der Waals surface area contributed by atoms with Gasteiger partial charge in [0.05, 0.1) is 13.2 Å². The van der Waals surface area contributed by atoms with E-state index in [0.717, 1.165) is 45.4 Å². The lowest BCUT2D eigenvalue weighted by Crippen LogP contribution is -2.31. The highest BCUT2D eigenvalue weighted by Crippen LogP contribution is 2.08. The molecule has 0 aromatic heterocycles. The van der Waals surface area contributed by atoms with Crippen LogP contribution in [0.3, 0.4) is 0 Å². The maximum atomic E-state index is 10.1. The molecule has 1 aliphatic heterocycles. The van der Waals surface area contributed by atoms with Crippen LogP contribution >= 0.6 is 0 Å². The topological polar surface area (TPSA) is 29.5 Å². The van der Waals surface area contributed by atoms with Crippen LogP contribution < -0.4 is 0 Å². The molecular weight excluding hydrogens is 226 g/mol. The van der Waals surface area contributed by atoms with E-state index in [0.29, 0.717) is 0 Å². The SMILES string of the molecule is O=CCCCCCCCC/C=C/N1CCOCC1. The lowest BCUT2D eigenvalue weighted by atomic mass is 10.1. The van der Waals surface area contributed by atoms with Crippen molar-refractivity contribution < 1.29 is 9.53 Å². The van der Waals surface area contributed by atoms with Crippen molar-refractivity contribution in [3.8, 4) is 0 Å². The molecular formula is C15H27NO2. The van der Waals surface area contributed by atoms with Crippen LogP contribution in [0.25, 0.3) is 0 Å². The van der Waals surface area contributed by atoms with E-state index in [-0.39, 0.29) is 0 Å². The standard InChI is InChI=1S/C15H27NO2/c17-13-9-7-5-3-1-2-4-6-8-10-16-11-14-18-15-12-16/h8,10,13H,1-7,9,11-12,14-15H2/b10-8+. The molecule has 0 saturated carbocycles. The Bertz CT molecular complexity index is 223. The summed E-state index contributed by atoms with van der Waals surface area (Å²) in [5.41, 5.74) is 0. The smallest absolute Gasteiger partial charge is 0.119 e. The fourth-order valence-electron chi connectivity index (χ4n) is 2.15. The molecule has 1 fully saturated rings.